The molecule has 4 rings (SSSR count). The lowest BCUT2D eigenvalue weighted by molar-refractivity contribution is 0.0774. The van der Waals surface area contributed by atoms with Crippen LogP contribution in [0.15, 0.2) is 30.0 Å². The van der Waals surface area contributed by atoms with Crippen molar-refractivity contribution in [2.75, 3.05) is 54.1 Å². The third-order valence-electron chi connectivity index (χ3n) is 6.22. The van der Waals surface area contributed by atoms with Gasteiger partial charge in [-0.15, -0.1) is 0 Å². The summed E-state index contributed by atoms with van der Waals surface area (Å²) in [4.78, 5) is 28.9. The quantitative estimate of drug-likeness (QED) is 0.576. The number of fused-ring (bicyclic) bond motifs is 1. The Hall–Kier alpha value is -3.92. The standard InChI is InChI=1S/C26H30N2O8/c1-5-35-26(31)28-12-10-27(11-13-28)15-18-19(29)8-7-17-22(30)21(36-24(17)18)14-16-6-9-20(32-2)25(34-4)23(16)33-3/h6-9,14,29H,5,10-13,15H2,1-4H3/b21-14+. The molecule has 0 unspecified atom stereocenters. The molecule has 0 atom stereocenters. The van der Waals surface area contributed by atoms with Crippen LogP contribution in [0.25, 0.3) is 6.08 Å². The van der Waals surface area contributed by atoms with Crippen molar-refractivity contribution < 1.29 is 38.4 Å². The number of hydrogen-bond acceptors (Lipinski definition) is 9. The van der Waals surface area contributed by atoms with Crippen LogP contribution < -0.4 is 18.9 Å². The van der Waals surface area contributed by atoms with Crippen molar-refractivity contribution >= 4 is 18.0 Å². The van der Waals surface area contributed by atoms with Gasteiger partial charge in [0.1, 0.15) is 11.5 Å². The SMILES string of the molecule is CCOC(=O)N1CCN(Cc2c(O)ccc3c2O/C(=C/c2ccc(OC)c(OC)c2OC)C3=O)CC1. The van der Waals surface area contributed by atoms with Crippen LogP contribution in [-0.4, -0.2) is 80.9 Å². The molecule has 1 fully saturated rings. The zero-order valence-electron chi connectivity index (χ0n) is 20.8. The summed E-state index contributed by atoms with van der Waals surface area (Å²) < 4.78 is 27.4. The lowest BCUT2D eigenvalue weighted by Crippen LogP contribution is -2.48. The van der Waals surface area contributed by atoms with Gasteiger partial charge in [0.25, 0.3) is 0 Å². The number of allylic oxidation sites excluding steroid dienone is 1. The summed E-state index contributed by atoms with van der Waals surface area (Å²) in [6, 6.07) is 6.52. The number of nitrogens with zero attached hydrogens (tertiary/aromatic N) is 2. The topological polar surface area (TPSA) is 107 Å². The maximum absolute atomic E-state index is 13.2. The molecule has 0 radical (unpaired) electrons. The highest BCUT2D eigenvalue weighted by molar-refractivity contribution is 6.15. The molecule has 1 saturated heterocycles. The molecule has 0 bridgehead atoms. The maximum atomic E-state index is 13.2. The van der Waals surface area contributed by atoms with Crippen molar-refractivity contribution in [2.45, 2.75) is 13.5 Å². The second-order valence-electron chi connectivity index (χ2n) is 8.27. The van der Waals surface area contributed by atoms with Crippen LogP contribution in [0, 0.1) is 0 Å². The van der Waals surface area contributed by atoms with E-state index in [-0.39, 0.29) is 23.4 Å². The minimum absolute atomic E-state index is 0.0410. The Labute approximate surface area is 209 Å². The van der Waals surface area contributed by atoms with Gasteiger partial charge in [0.2, 0.25) is 11.5 Å². The second kappa shape index (κ2) is 10.8. The minimum Gasteiger partial charge on any atom is -0.507 e. The maximum Gasteiger partial charge on any atom is 0.409 e. The minimum atomic E-state index is -0.324. The van der Waals surface area contributed by atoms with E-state index in [9.17, 15) is 14.7 Å². The fourth-order valence-corrected chi connectivity index (χ4v) is 4.36. The number of piperazine rings is 1. The van der Waals surface area contributed by atoms with Gasteiger partial charge in [-0.05, 0) is 37.3 Å². The Kier molecular flexibility index (Phi) is 7.54. The van der Waals surface area contributed by atoms with Crippen LogP contribution in [0.4, 0.5) is 4.79 Å². The molecule has 2 aliphatic heterocycles. The van der Waals surface area contributed by atoms with Crippen LogP contribution in [0.3, 0.4) is 0 Å². The number of Topliss-reactive ketones (excluding diaryl/α,β-unsaturated/α-hetero) is 1. The van der Waals surface area contributed by atoms with E-state index >= 15 is 0 Å². The van der Waals surface area contributed by atoms with E-state index in [1.54, 1.807) is 36.1 Å². The van der Waals surface area contributed by atoms with Gasteiger partial charge >= 0.3 is 6.09 Å². The number of ether oxygens (including phenoxy) is 5. The number of ketones is 1. The number of carbonyl (C=O) groups excluding carboxylic acids is 2. The van der Waals surface area contributed by atoms with Crippen LogP contribution in [0.5, 0.6) is 28.7 Å². The lowest BCUT2D eigenvalue weighted by Gasteiger charge is -2.34. The Morgan fingerprint density at radius 2 is 1.75 bits per heavy atom. The van der Waals surface area contributed by atoms with Crippen molar-refractivity contribution in [3.63, 3.8) is 0 Å². The molecular formula is C26H30N2O8. The molecular weight excluding hydrogens is 468 g/mol. The molecule has 2 aromatic rings. The smallest absolute Gasteiger partial charge is 0.409 e. The highest BCUT2D eigenvalue weighted by Gasteiger charge is 2.33. The van der Waals surface area contributed by atoms with E-state index in [1.165, 1.54) is 27.4 Å². The monoisotopic (exact) mass is 498 g/mol. The fourth-order valence-electron chi connectivity index (χ4n) is 4.36. The molecule has 1 N–H and O–H groups in total. The Bertz CT molecular complexity index is 1180. The van der Waals surface area contributed by atoms with Gasteiger partial charge in [-0.1, -0.05) is 0 Å². The third-order valence-corrected chi connectivity index (χ3v) is 6.22. The van der Waals surface area contributed by atoms with Gasteiger partial charge in [0, 0.05) is 38.3 Å². The number of methoxy groups -OCH3 is 3. The third kappa shape index (κ3) is 4.76. The molecule has 1 amide bonds. The van der Waals surface area contributed by atoms with Crippen LogP contribution in [0.2, 0.25) is 0 Å². The van der Waals surface area contributed by atoms with E-state index in [4.69, 9.17) is 23.7 Å². The predicted octanol–water partition coefficient (Wildman–Crippen LogP) is 3.31. The largest absolute Gasteiger partial charge is 0.507 e. The van der Waals surface area contributed by atoms with Crippen molar-refractivity contribution in [2.24, 2.45) is 0 Å². The van der Waals surface area contributed by atoms with E-state index in [0.29, 0.717) is 79.0 Å². The number of hydrogen-bond donors (Lipinski definition) is 1. The van der Waals surface area contributed by atoms with Crippen molar-refractivity contribution in [1.82, 2.24) is 9.80 Å². The van der Waals surface area contributed by atoms with Gasteiger partial charge in [0.05, 0.1) is 39.1 Å². The highest BCUT2D eigenvalue weighted by atomic mass is 16.6. The van der Waals surface area contributed by atoms with Gasteiger partial charge in [-0.2, -0.15) is 0 Å². The van der Waals surface area contributed by atoms with Gasteiger partial charge < -0.3 is 33.7 Å². The lowest BCUT2D eigenvalue weighted by atomic mass is 10.0. The zero-order chi connectivity index (χ0) is 25.8. The van der Waals surface area contributed by atoms with Gasteiger partial charge in [-0.3, -0.25) is 9.69 Å². The first-order chi connectivity index (χ1) is 17.4. The second-order valence-corrected chi connectivity index (χ2v) is 8.27. The summed E-state index contributed by atoms with van der Waals surface area (Å²) >= 11 is 0. The van der Waals surface area contributed by atoms with Crippen molar-refractivity contribution in [3.8, 4) is 28.7 Å². The molecule has 10 heteroatoms. The van der Waals surface area contributed by atoms with Crippen molar-refractivity contribution in [3.05, 3.63) is 46.7 Å². The molecule has 10 nitrogen and oxygen atoms in total. The molecule has 0 saturated carbocycles. The molecule has 2 heterocycles. The highest BCUT2D eigenvalue weighted by Crippen LogP contribution is 2.43. The predicted molar refractivity (Wildman–Crippen MR) is 131 cm³/mol. The van der Waals surface area contributed by atoms with Gasteiger partial charge in [0.15, 0.2) is 17.3 Å². The molecule has 0 spiro atoms. The average Bonchev–Trinajstić information content (AvgIpc) is 3.20. The summed E-state index contributed by atoms with van der Waals surface area (Å²) in [7, 11) is 4.54. The van der Waals surface area contributed by atoms with E-state index in [1.807, 2.05) is 0 Å². The number of aromatic hydroxyl groups is 1. The van der Waals surface area contributed by atoms with Crippen LogP contribution in [-0.2, 0) is 11.3 Å². The normalized spacial score (nSPS) is 16.5. The fraction of sp³-hybridized carbons (Fsp3) is 0.385. The summed E-state index contributed by atoms with van der Waals surface area (Å²) in [6.07, 6.45) is 1.26. The summed E-state index contributed by atoms with van der Waals surface area (Å²) in [6.45, 7) is 4.70. The Morgan fingerprint density at radius 3 is 2.39 bits per heavy atom. The number of phenolic OH excluding ortho intramolecular Hbond substituents is 1. The van der Waals surface area contributed by atoms with Crippen molar-refractivity contribution in [1.29, 1.82) is 0 Å². The first-order valence-corrected chi connectivity index (χ1v) is 11.6. The van der Waals surface area contributed by atoms with E-state index in [0.717, 1.165) is 0 Å². The molecule has 192 valence electrons. The first kappa shape index (κ1) is 25.2. The Balaban J connectivity index is 1.57. The summed E-state index contributed by atoms with van der Waals surface area (Å²) in [5.74, 6) is 1.48. The molecule has 0 aliphatic carbocycles. The van der Waals surface area contributed by atoms with E-state index < -0.39 is 0 Å². The van der Waals surface area contributed by atoms with Gasteiger partial charge in [-0.25, -0.2) is 4.79 Å². The average molecular weight is 499 g/mol. The summed E-state index contributed by atoms with van der Waals surface area (Å²) in [5, 5.41) is 10.6. The number of benzene rings is 2. The molecule has 2 aliphatic rings. The number of phenols is 1. The number of amides is 1. The van der Waals surface area contributed by atoms with Crippen LogP contribution in [0.1, 0.15) is 28.4 Å². The number of rotatable bonds is 7. The number of carbonyl (C=O) groups is 2. The molecule has 36 heavy (non-hydrogen) atoms. The summed E-state index contributed by atoms with van der Waals surface area (Å²) in [5.41, 5.74) is 1.47. The van der Waals surface area contributed by atoms with E-state index in [2.05, 4.69) is 4.90 Å². The first-order valence-electron chi connectivity index (χ1n) is 11.6. The zero-order valence-corrected chi connectivity index (χ0v) is 20.8. The van der Waals surface area contributed by atoms with Crippen LogP contribution >= 0.6 is 0 Å². The molecule has 2 aromatic carbocycles. The Morgan fingerprint density at radius 1 is 1.03 bits per heavy atom. The molecule has 0 aromatic heterocycles.